The minimum Gasteiger partial charge on any atom is -0.481 e. The predicted octanol–water partition coefficient (Wildman–Crippen LogP) is 1.52. The number of nitrogens with zero attached hydrogens (tertiary/aromatic N) is 1. The third-order valence-electron chi connectivity index (χ3n) is 3.53. The topological polar surface area (TPSA) is 66.8 Å². The van der Waals surface area contributed by atoms with Crippen LogP contribution in [-0.4, -0.2) is 41.6 Å². The van der Waals surface area contributed by atoms with Crippen molar-refractivity contribution in [3.05, 3.63) is 29.8 Å². The number of carboxylic acids is 1. The molecule has 1 aliphatic rings. The SMILES string of the molecule is C[C@@H]1CN(C(=O)COc2ccc(F)cc2F)C[C@H]1C(=O)O. The number of ether oxygens (including phenoxy) is 1. The van der Waals surface area contributed by atoms with Gasteiger partial charge in [0.25, 0.3) is 5.91 Å². The second kappa shape index (κ2) is 6.07. The zero-order valence-electron chi connectivity index (χ0n) is 11.4. The lowest BCUT2D eigenvalue weighted by Gasteiger charge is -2.16. The fraction of sp³-hybridized carbons (Fsp3) is 0.429. The molecule has 5 nitrogen and oxygen atoms in total. The van der Waals surface area contributed by atoms with E-state index in [0.717, 1.165) is 12.1 Å². The van der Waals surface area contributed by atoms with Crippen molar-refractivity contribution in [3.8, 4) is 5.75 Å². The summed E-state index contributed by atoms with van der Waals surface area (Å²) in [6.07, 6.45) is 0. The first-order chi connectivity index (χ1) is 9.88. The Morgan fingerprint density at radius 3 is 2.67 bits per heavy atom. The lowest BCUT2D eigenvalue weighted by atomic mass is 9.99. The van der Waals surface area contributed by atoms with Gasteiger partial charge in [0.05, 0.1) is 5.92 Å². The number of carbonyl (C=O) groups excluding carboxylic acids is 1. The zero-order chi connectivity index (χ0) is 15.6. The number of rotatable bonds is 4. The molecule has 2 rings (SSSR count). The predicted molar refractivity (Wildman–Crippen MR) is 68.7 cm³/mol. The molecule has 7 heteroatoms. The van der Waals surface area contributed by atoms with Crippen LogP contribution in [0, 0.1) is 23.5 Å². The number of aliphatic carboxylic acids is 1. The molecule has 0 radical (unpaired) electrons. The van der Waals surface area contributed by atoms with Gasteiger partial charge in [0, 0.05) is 19.2 Å². The lowest BCUT2D eigenvalue weighted by Crippen LogP contribution is -2.34. The van der Waals surface area contributed by atoms with Crippen molar-refractivity contribution in [3.63, 3.8) is 0 Å². The highest BCUT2D eigenvalue weighted by atomic mass is 19.1. The molecule has 1 N–H and O–H groups in total. The molecule has 114 valence electrons. The molecule has 1 aromatic carbocycles. The van der Waals surface area contributed by atoms with E-state index in [1.807, 2.05) is 0 Å². The molecular weight excluding hydrogens is 284 g/mol. The molecule has 1 amide bonds. The van der Waals surface area contributed by atoms with Crippen molar-refractivity contribution in [2.45, 2.75) is 6.92 Å². The molecule has 2 atom stereocenters. The van der Waals surface area contributed by atoms with E-state index < -0.39 is 36.0 Å². The van der Waals surface area contributed by atoms with E-state index in [2.05, 4.69) is 0 Å². The van der Waals surface area contributed by atoms with Gasteiger partial charge in [0.2, 0.25) is 0 Å². The standard InChI is InChI=1S/C14H15F2NO4/c1-8-5-17(6-10(8)14(19)20)13(18)7-21-12-3-2-9(15)4-11(12)16/h2-4,8,10H,5-7H2,1H3,(H,19,20)/t8-,10-/m1/s1. The summed E-state index contributed by atoms with van der Waals surface area (Å²) in [7, 11) is 0. The van der Waals surface area contributed by atoms with E-state index >= 15 is 0 Å². The fourth-order valence-corrected chi connectivity index (χ4v) is 2.31. The zero-order valence-corrected chi connectivity index (χ0v) is 11.4. The monoisotopic (exact) mass is 299 g/mol. The van der Waals surface area contributed by atoms with Gasteiger partial charge < -0.3 is 14.7 Å². The Labute approximate surface area is 120 Å². The summed E-state index contributed by atoms with van der Waals surface area (Å²) in [5.74, 6) is -3.94. The normalized spacial score (nSPS) is 21.4. The Morgan fingerprint density at radius 2 is 2.10 bits per heavy atom. The van der Waals surface area contributed by atoms with Gasteiger partial charge >= 0.3 is 5.97 Å². The molecule has 1 aliphatic heterocycles. The summed E-state index contributed by atoms with van der Waals surface area (Å²) >= 11 is 0. The molecule has 21 heavy (non-hydrogen) atoms. The van der Waals surface area contributed by atoms with Gasteiger partial charge in [-0.15, -0.1) is 0 Å². The van der Waals surface area contributed by atoms with Crippen molar-refractivity contribution < 1.29 is 28.2 Å². The van der Waals surface area contributed by atoms with E-state index in [1.165, 1.54) is 4.90 Å². The summed E-state index contributed by atoms with van der Waals surface area (Å²) in [6, 6.07) is 2.80. The highest BCUT2D eigenvalue weighted by Crippen LogP contribution is 2.23. The quantitative estimate of drug-likeness (QED) is 0.915. The molecule has 1 saturated heterocycles. The van der Waals surface area contributed by atoms with Crippen LogP contribution in [0.4, 0.5) is 8.78 Å². The second-order valence-corrected chi connectivity index (χ2v) is 5.08. The Balaban J connectivity index is 1.92. The number of likely N-dealkylation sites (tertiary alicyclic amines) is 1. The molecule has 0 unspecified atom stereocenters. The van der Waals surface area contributed by atoms with Gasteiger partial charge in [-0.3, -0.25) is 9.59 Å². The summed E-state index contributed by atoms with van der Waals surface area (Å²) in [5, 5.41) is 9.00. The first kappa shape index (κ1) is 15.2. The van der Waals surface area contributed by atoms with Gasteiger partial charge in [-0.1, -0.05) is 6.92 Å². The Kier molecular flexibility index (Phi) is 4.40. The van der Waals surface area contributed by atoms with Crippen LogP contribution in [0.5, 0.6) is 5.75 Å². The molecule has 1 fully saturated rings. The van der Waals surface area contributed by atoms with Gasteiger partial charge in [0.15, 0.2) is 18.2 Å². The second-order valence-electron chi connectivity index (χ2n) is 5.08. The van der Waals surface area contributed by atoms with Crippen LogP contribution in [-0.2, 0) is 9.59 Å². The molecule has 0 aromatic heterocycles. The van der Waals surface area contributed by atoms with Crippen molar-refractivity contribution in [2.24, 2.45) is 11.8 Å². The van der Waals surface area contributed by atoms with Crippen LogP contribution in [0.3, 0.4) is 0 Å². The molecule has 0 saturated carbocycles. The number of halogens is 2. The third kappa shape index (κ3) is 3.48. The summed E-state index contributed by atoms with van der Waals surface area (Å²) < 4.78 is 31.1. The summed E-state index contributed by atoms with van der Waals surface area (Å²) in [4.78, 5) is 24.3. The van der Waals surface area contributed by atoms with Crippen LogP contribution < -0.4 is 4.74 Å². The summed E-state index contributed by atoms with van der Waals surface area (Å²) in [6.45, 7) is 1.78. The van der Waals surface area contributed by atoms with Crippen molar-refractivity contribution in [2.75, 3.05) is 19.7 Å². The maximum absolute atomic E-state index is 13.3. The first-order valence-electron chi connectivity index (χ1n) is 6.47. The van der Waals surface area contributed by atoms with Crippen molar-refractivity contribution in [1.82, 2.24) is 4.90 Å². The molecule has 1 aromatic rings. The van der Waals surface area contributed by atoms with E-state index in [4.69, 9.17) is 9.84 Å². The van der Waals surface area contributed by atoms with E-state index in [-0.39, 0.29) is 18.2 Å². The van der Waals surface area contributed by atoms with Crippen LogP contribution in [0.2, 0.25) is 0 Å². The average Bonchev–Trinajstić information content (AvgIpc) is 2.80. The van der Waals surface area contributed by atoms with Gasteiger partial charge in [-0.05, 0) is 18.1 Å². The Bertz CT molecular complexity index is 564. The van der Waals surface area contributed by atoms with Crippen LogP contribution in [0.15, 0.2) is 18.2 Å². The number of benzene rings is 1. The summed E-state index contributed by atoms with van der Waals surface area (Å²) in [5.41, 5.74) is 0. The Hall–Kier alpha value is -2.18. The Morgan fingerprint density at radius 1 is 1.38 bits per heavy atom. The molecule has 0 aliphatic carbocycles. The molecule has 0 bridgehead atoms. The number of hydrogen-bond acceptors (Lipinski definition) is 3. The van der Waals surface area contributed by atoms with Crippen LogP contribution >= 0.6 is 0 Å². The minimum absolute atomic E-state index is 0.116. The van der Waals surface area contributed by atoms with Gasteiger partial charge in [-0.2, -0.15) is 0 Å². The van der Waals surface area contributed by atoms with E-state index in [0.29, 0.717) is 12.6 Å². The van der Waals surface area contributed by atoms with E-state index in [9.17, 15) is 18.4 Å². The highest BCUT2D eigenvalue weighted by Gasteiger charge is 2.36. The van der Waals surface area contributed by atoms with Crippen molar-refractivity contribution in [1.29, 1.82) is 0 Å². The molecule has 1 heterocycles. The minimum atomic E-state index is -0.941. The largest absolute Gasteiger partial charge is 0.481 e. The van der Waals surface area contributed by atoms with E-state index in [1.54, 1.807) is 6.92 Å². The molecular formula is C14H15F2NO4. The van der Waals surface area contributed by atoms with Gasteiger partial charge in [0.1, 0.15) is 5.82 Å². The first-order valence-corrected chi connectivity index (χ1v) is 6.47. The molecule has 0 spiro atoms. The number of hydrogen-bond donors (Lipinski definition) is 1. The number of carboxylic acid groups (broad SMARTS) is 1. The maximum atomic E-state index is 13.3. The third-order valence-corrected chi connectivity index (χ3v) is 3.53. The van der Waals surface area contributed by atoms with Crippen molar-refractivity contribution >= 4 is 11.9 Å². The number of amides is 1. The van der Waals surface area contributed by atoms with Gasteiger partial charge in [-0.25, -0.2) is 8.78 Å². The van der Waals surface area contributed by atoms with Crippen LogP contribution in [0.25, 0.3) is 0 Å². The highest BCUT2D eigenvalue weighted by molar-refractivity contribution is 5.80. The smallest absolute Gasteiger partial charge is 0.308 e. The fourth-order valence-electron chi connectivity index (χ4n) is 2.31. The van der Waals surface area contributed by atoms with Crippen LogP contribution in [0.1, 0.15) is 6.92 Å². The average molecular weight is 299 g/mol. The number of carbonyl (C=O) groups is 2. The maximum Gasteiger partial charge on any atom is 0.308 e. The lowest BCUT2D eigenvalue weighted by molar-refractivity contribution is -0.142.